The number of hydrogen-bond donors (Lipinski definition) is 4. The Morgan fingerprint density at radius 2 is 1.46 bits per heavy atom. The molecule has 0 bridgehead atoms. The van der Waals surface area contributed by atoms with Gasteiger partial charge in [-0.25, -0.2) is 14.6 Å². The van der Waals surface area contributed by atoms with Crippen LogP contribution >= 0.6 is 12.6 Å². The molecule has 0 unspecified atom stereocenters. The van der Waals surface area contributed by atoms with Gasteiger partial charge in [0.25, 0.3) is 0 Å². The Morgan fingerprint density at radius 3 is 2.20 bits per heavy atom. The van der Waals surface area contributed by atoms with Crippen LogP contribution in [-0.2, 0) is 4.74 Å². The van der Waals surface area contributed by atoms with Crippen molar-refractivity contribution < 1.29 is 29.3 Å². The predicted molar refractivity (Wildman–Crippen MR) is 132 cm³/mol. The number of carbonyl (C=O) groups excluding carboxylic acids is 3. The molecule has 0 aliphatic rings. The van der Waals surface area contributed by atoms with Crippen molar-refractivity contribution in [1.29, 1.82) is 0 Å². The molecular formula is C26H16N2O6S. The van der Waals surface area contributed by atoms with Crippen LogP contribution in [0.4, 0.5) is 0 Å². The highest BCUT2D eigenvalue weighted by Crippen LogP contribution is 2.36. The molecule has 0 radical (unpaired) electrons. The monoisotopic (exact) mass is 484 g/mol. The van der Waals surface area contributed by atoms with Gasteiger partial charge >= 0.3 is 11.9 Å². The molecule has 0 atom stereocenters. The van der Waals surface area contributed by atoms with Crippen LogP contribution < -0.4 is 0 Å². The van der Waals surface area contributed by atoms with E-state index >= 15 is 0 Å². The summed E-state index contributed by atoms with van der Waals surface area (Å²) in [4.78, 5) is 44.9. The number of aromatic hydroxyl groups is 2. The summed E-state index contributed by atoms with van der Waals surface area (Å²) < 4.78 is 4.97. The summed E-state index contributed by atoms with van der Waals surface area (Å²) in [5.74, 6) is -3.20. The van der Waals surface area contributed by atoms with Crippen molar-refractivity contribution in [2.45, 2.75) is 0 Å². The lowest BCUT2D eigenvalue weighted by Gasteiger charge is -2.14. The highest BCUT2D eigenvalue weighted by Gasteiger charge is 2.24. The van der Waals surface area contributed by atoms with Gasteiger partial charge in [0.15, 0.2) is 5.88 Å². The molecule has 0 aliphatic carbocycles. The van der Waals surface area contributed by atoms with Crippen molar-refractivity contribution in [1.82, 2.24) is 9.97 Å². The maximum absolute atomic E-state index is 13.0. The van der Waals surface area contributed by atoms with Gasteiger partial charge in [0, 0.05) is 22.4 Å². The number of para-hydroxylation sites is 1. The third kappa shape index (κ3) is 3.87. The Kier molecular flexibility index (Phi) is 5.46. The fraction of sp³-hybridized carbons (Fsp3) is 0. The molecule has 8 nitrogen and oxygen atoms in total. The zero-order valence-corrected chi connectivity index (χ0v) is 18.7. The first kappa shape index (κ1) is 22.2. The first-order chi connectivity index (χ1) is 16.8. The van der Waals surface area contributed by atoms with Gasteiger partial charge in [-0.1, -0.05) is 48.5 Å². The van der Waals surface area contributed by atoms with E-state index in [0.29, 0.717) is 38.5 Å². The number of H-pyrrole nitrogens is 1. The lowest BCUT2D eigenvalue weighted by Crippen LogP contribution is -2.13. The number of esters is 2. The van der Waals surface area contributed by atoms with Gasteiger partial charge in [0.1, 0.15) is 5.56 Å². The molecule has 0 amide bonds. The minimum absolute atomic E-state index is 0.0540. The van der Waals surface area contributed by atoms with E-state index in [1.165, 1.54) is 6.07 Å². The lowest BCUT2D eigenvalue weighted by molar-refractivity contribution is 0.0396. The Morgan fingerprint density at radius 1 is 0.800 bits per heavy atom. The van der Waals surface area contributed by atoms with Gasteiger partial charge in [-0.05, 0) is 29.3 Å². The minimum Gasteiger partial charge on any atom is -0.494 e. The van der Waals surface area contributed by atoms with Crippen molar-refractivity contribution in [3.63, 3.8) is 0 Å². The molecule has 0 saturated carbocycles. The number of fused-ring (bicyclic) bond motifs is 2. The minimum atomic E-state index is -1.14. The fourth-order valence-electron chi connectivity index (χ4n) is 4.07. The van der Waals surface area contributed by atoms with Crippen molar-refractivity contribution in [3.8, 4) is 22.9 Å². The zero-order chi connectivity index (χ0) is 24.7. The van der Waals surface area contributed by atoms with Crippen molar-refractivity contribution in [2.24, 2.45) is 0 Å². The maximum atomic E-state index is 13.0. The second-order valence-corrected chi connectivity index (χ2v) is 8.05. The Hall–Kier alpha value is -4.63. The van der Waals surface area contributed by atoms with Gasteiger partial charge in [-0.15, -0.1) is 12.6 Å². The summed E-state index contributed by atoms with van der Waals surface area (Å²) in [6.45, 7) is 0. The van der Waals surface area contributed by atoms with Gasteiger partial charge in [-0.2, -0.15) is 0 Å². The zero-order valence-electron chi connectivity index (χ0n) is 17.9. The number of aromatic nitrogens is 2. The highest BCUT2D eigenvalue weighted by molar-refractivity contribution is 7.97. The van der Waals surface area contributed by atoms with E-state index in [0.717, 1.165) is 6.07 Å². The maximum Gasteiger partial charge on any atom is 0.351 e. The van der Waals surface area contributed by atoms with Crippen molar-refractivity contribution in [3.05, 3.63) is 89.5 Å². The molecule has 35 heavy (non-hydrogen) atoms. The van der Waals surface area contributed by atoms with E-state index in [4.69, 9.17) is 4.74 Å². The first-order valence-corrected chi connectivity index (χ1v) is 10.8. The summed E-state index contributed by atoms with van der Waals surface area (Å²) in [7, 11) is 0. The SMILES string of the molecule is O=C(OC(=O)c1cc(O)[nH]c1O)c1ccccc1-c1cccc2nc3ccccc3c(C(=O)S)c12. The molecule has 0 spiro atoms. The molecule has 9 heteroatoms. The number of benzene rings is 3. The second kappa shape index (κ2) is 8.62. The number of carbonyl (C=O) groups is 3. The molecule has 2 aromatic heterocycles. The molecule has 3 N–H and O–H groups in total. The molecule has 5 aromatic rings. The number of thiol groups is 1. The third-order valence-corrected chi connectivity index (χ3v) is 5.77. The van der Waals surface area contributed by atoms with Gasteiger partial charge < -0.3 is 14.9 Å². The van der Waals surface area contributed by atoms with Crippen LogP contribution in [0, 0.1) is 0 Å². The summed E-state index contributed by atoms with van der Waals surface area (Å²) >= 11 is 4.11. The Labute approximate surface area is 203 Å². The third-order valence-electron chi connectivity index (χ3n) is 5.55. The number of pyridine rings is 1. The van der Waals surface area contributed by atoms with Gasteiger partial charge in [0.05, 0.1) is 16.6 Å². The van der Waals surface area contributed by atoms with E-state index < -0.39 is 34.4 Å². The summed E-state index contributed by atoms with van der Waals surface area (Å²) in [6, 6.07) is 19.8. The van der Waals surface area contributed by atoms with Crippen molar-refractivity contribution >= 4 is 51.5 Å². The number of nitrogens with one attached hydrogen (secondary N) is 1. The molecule has 3 aromatic carbocycles. The quantitative estimate of drug-likeness (QED) is 0.124. The molecular weight excluding hydrogens is 468 g/mol. The lowest BCUT2D eigenvalue weighted by atomic mass is 9.92. The van der Waals surface area contributed by atoms with Crippen LogP contribution in [0.2, 0.25) is 0 Å². The van der Waals surface area contributed by atoms with Crippen molar-refractivity contribution in [2.75, 3.05) is 0 Å². The Balaban J connectivity index is 1.67. The van der Waals surface area contributed by atoms with E-state index in [1.54, 1.807) is 54.6 Å². The van der Waals surface area contributed by atoms with Gasteiger partial charge in [-0.3, -0.25) is 9.78 Å². The van der Waals surface area contributed by atoms with Crippen LogP contribution in [0.15, 0.2) is 72.8 Å². The number of rotatable bonds is 4. The molecule has 0 fully saturated rings. The highest BCUT2D eigenvalue weighted by atomic mass is 32.1. The average Bonchev–Trinajstić information content (AvgIpc) is 3.19. The molecule has 2 heterocycles. The Bertz CT molecular complexity index is 1670. The summed E-state index contributed by atoms with van der Waals surface area (Å²) in [5.41, 5.74) is 2.10. The van der Waals surface area contributed by atoms with Crippen LogP contribution in [-0.4, -0.2) is 37.2 Å². The van der Waals surface area contributed by atoms with Crippen LogP contribution in [0.5, 0.6) is 11.8 Å². The molecule has 0 aliphatic heterocycles. The largest absolute Gasteiger partial charge is 0.494 e. The van der Waals surface area contributed by atoms with Crippen LogP contribution in [0.1, 0.15) is 31.1 Å². The summed E-state index contributed by atoms with van der Waals surface area (Å²) in [6.07, 6.45) is 0. The van der Waals surface area contributed by atoms with E-state index in [-0.39, 0.29) is 5.56 Å². The first-order valence-electron chi connectivity index (χ1n) is 10.4. The average molecular weight is 484 g/mol. The normalized spacial score (nSPS) is 11.0. The topological polar surface area (TPSA) is 130 Å². The summed E-state index contributed by atoms with van der Waals surface area (Å²) in [5, 5.41) is 19.8. The molecule has 0 saturated heterocycles. The van der Waals surface area contributed by atoms with Gasteiger partial charge in [0.2, 0.25) is 11.0 Å². The van der Waals surface area contributed by atoms with Crippen LogP contribution in [0.25, 0.3) is 32.9 Å². The number of aromatic amines is 1. The number of nitrogens with zero attached hydrogens (tertiary/aromatic N) is 1. The van der Waals surface area contributed by atoms with E-state index in [1.807, 2.05) is 6.07 Å². The smallest absolute Gasteiger partial charge is 0.351 e. The molecule has 172 valence electrons. The molecule has 5 rings (SSSR count). The fourth-order valence-corrected chi connectivity index (χ4v) is 4.30. The van der Waals surface area contributed by atoms with E-state index in [9.17, 15) is 24.6 Å². The predicted octanol–water partition coefficient (Wildman–Crippen LogP) is 4.86. The van der Waals surface area contributed by atoms with Crippen LogP contribution in [0.3, 0.4) is 0 Å². The number of hydrogen-bond acceptors (Lipinski definition) is 7. The second-order valence-electron chi connectivity index (χ2n) is 7.65. The standard InChI is InChI=1S/C26H16N2O6S/c29-20-12-17(23(30)28-20)25(32)34-24(31)15-7-2-1-6-13(15)14-9-5-11-19-21(14)22(26(33)35)16-8-3-4-10-18(16)27-19/h1-12,28-30H,(H,33,35). The van der Waals surface area contributed by atoms with E-state index in [2.05, 4.69) is 22.6 Å². The number of ether oxygens (including phenoxy) is 1.